The Labute approximate surface area is 132 Å². The van der Waals surface area contributed by atoms with Gasteiger partial charge < -0.3 is 20.1 Å². The largest absolute Gasteiger partial charge is 0.492 e. The summed E-state index contributed by atoms with van der Waals surface area (Å²) < 4.78 is 11.0. The number of fused-ring (bicyclic) bond motifs is 1. The molecule has 0 spiro atoms. The van der Waals surface area contributed by atoms with Crippen molar-refractivity contribution in [2.75, 3.05) is 25.4 Å². The summed E-state index contributed by atoms with van der Waals surface area (Å²) in [6, 6.07) is 3.98. The van der Waals surface area contributed by atoms with Crippen LogP contribution in [0, 0.1) is 0 Å². The average Bonchev–Trinajstić information content (AvgIpc) is 2.60. The van der Waals surface area contributed by atoms with Gasteiger partial charge in [0.25, 0.3) is 0 Å². The van der Waals surface area contributed by atoms with Crippen molar-refractivity contribution in [2.45, 2.75) is 46.1 Å². The van der Waals surface area contributed by atoms with Gasteiger partial charge in [-0.05, 0) is 63.8 Å². The molecule has 0 bridgehead atoms. The summed E-state index contributed by atoms with van der Waals surface area (Å²) in [5.74, 6) is 0.729. The molecule has 0 aliphatic carbocycles. The van der Waals surface area contributed by atoms with Crippen molar-refractivity contribution < 1.29 is 14.3 Å². The van der Waals surface area contributed by atoms with E-state index in [2.05, 4.69) is 0 Å². The number of benzene rings is 1. The molecule has 122 valence electrons. The van der Waals surface area contributed by atoms with E-state index in [4.69, 9.17) is 15.2 Å². The van der Waals surface area contributed by atoms with E-state index in [1.165, 1.54) is 11.1 Å². The van der Waals surface area contributed by atoms with Gasteiger partial charge in [-0.25, -0.2) is 4.79 Å². The van der Waals surface area contributed by atoms with Gasteiger partial charge in [0.05, 0.1) is 12.3 Å². The lowest BCUT2D eigenvalue weighted by Crippen LogP contribution is -2.38. The summed E-state index contributed by atoms with van der Waals surface area (Å²) in [5, 5.41) is 0. The smallest absolute Gasteiger partial charge is 0.410 e. The number of ether oxygens (including phenoxy) is 2. The molecule has 0 aromatic heterocycles. The zero-order valence-corrected chi connectivity index (χ0v) is 13.9. The summed E-state index contributed by atoms with van der Waals surface area (Å²) in [6.07, 6.45) is 1.32. The lowest BCUT2D eigenvalue weighted by atomic mass is 10.0. The molecule has 0 saturated carbocycles. The lowest BCUT2D eigenvalue weighted by Gasteiger charge is -2.26. The summed E-state index contributed by atoms with van der Waals surface area (Å²) in [7, 11) is 0. The highest BCUT2D eigenvalue weighted by Crippen LogP contribution is 2.28. The molecule has 2 rings (SSSR count). The van der Waals surface area contributed by atoms with Crippen molar-refractivity contribution in [2.24, 2.45) is 0 Å². The van der Waals surface area contributed by atoms with Gasteiger partial charge in [-0.2, -0.15) is 0 Å². The number of nitrogen functional groups attached to an aromatic ring is 1. The maximum Gasteiger partial charge on any atom is 0.410 e. The molecule has 0 atom stereocenters. The SMILES string of the molecule is CCOc1cc2c(cc1N)CCN(C(=O)OC(C)(C)C)CC2. The summed E-state index contributed by atoms with van der Waals surface area (Å²) in [5.41, 5.74) is 8.60. The molecule has 1 aromatic carbocycles. The molecule has 2 N–H and O–H groups in total. The van der Waals surface area contributed by atoms with Gasteiger partial charge in [-0.1, -0.05) is 0 Å². The van der Waals surface area contributed by atoms with Gasteiger partial charge in [0.1, 0.15) is 11.4 Å². The normalized spacial score (nSPS) is 15.0. The van der Waals surface area contributed by atoms with Crippen LogP contribution >= 0.6 is 0 Å². The van der Waals surface area contributed by atoms with Crippen LogP contribution in [0.1, 0.15) is 38.8 Å². The lowest BCUT2D eigenvalue weighted by molar-refractivity contribution is 0.0258. The number of nitrogens with zero attached hydrogens (tertiary/aromatic N) is 1. The van der Waals surface area contributed by atoms with Crippen LogP contribution in [0.5, 0.6) is 5.75 Å². The number of hydrogen-bond acceptors (Lipinski definition) is 4. The van der Waals surface area contributed by atoms with Gasteiger partial charge in [-0.15, -0.1) is 0 Å². The van der Waals surface area contributed by atoms with Crippen LogP contribution in [0.4, 0.5) is 10.5 Å². The molecule has 5 heteroatoms. The van der Waals surface area contributed by atoms with E-state index in [1.807, 2.05) is 39.8 Å². The molecular formula is C17H26N2O3. The van der Waals surface area contributed by atoms with E-state index < -0.39 is 5.60 Å². The van der Waals surface area contributed by atoms with Crippen molar-refractivity contribution in [1.29, 1.82) is 0 Å². The average molecular weight is 306 g/mol. The van der Waals surface area contributed by atoms with Gasteiger partial charge in [-0.3, -0.25) is 0 Å². The van der Waals surface area contributed by atoms with Crippen LogP contribution in [-0.4, -0.2) is 36.3 Å². The molecule has 1 heterocycles. The monoisotopic (exact) mass is 306 g/mol. The molecule has 1 aliphatic heterocycles. The Kier molecular flexibility index (Phi) is 4.84. The van der Waals surface area contributed by atoms with E-state index in [9.17, 15) is 4.79 Å². The van der Waals surface area contributed by atoms with Crippen LogP contribution in [0.15, 0.2) is 12.1 Å². The number of anilines is 1. The third kappa shape index (κ3) is 4.06. The quantitative estimate of drug-likeness (QED) is 0.853. The Morgan fingerprint density at radius 1 is 1.23 bits per heavy atom. The molecular weight excluding hydrogens is 280 g/mol. The Morgan fingerprint density at radius 3 is 2.36 bits per heavy atom. The van der Waals surface area contributed by atoms with Crippen molar-refractivity contribution >= 4 is 11.8 Å². The number of carbonyl (C=O) groups is 1. The number of nitrogens with two attached hydrogens (primary N) is 1. The Balaban J connectivity index is 2.11. The first-order valence-electron chi connectivity index (χ1n) is 7.82. The molecule has 1 amide bonds. The summed E-state index contributed by atoms with van der Waals surface area (Å²) in [6.45, 7) is 9.47. The van der Waals surface area contributed by atoms with E-state index in [1.54, 1.807) is 4.90 Å². The zero-order valence-electron chi connectivity index (χ0n) is 13.9. The first-order valence-corrected chi connectivity index (χ1v) is 7.82. The van der Waals surface area contributed by atoms with Gasteiger partial charge in [0.2, 0.25) is 0 Å². The van der Waals surface area contributed by atoms with Gasteiger partial charge in [0, 0.05) is 13.1 Å². The van der Waals surface area contributed by atoms with Crippen LogP contribution in [0.2, 0.25) is 0 Å². The van der Waals surface area contributed by atoms with E-state index in [0.29, 0.717) is 25.4 Å². The number of hydrogen-bond donors (Lipinski definition) is 1. The topological polar surface area (TPSA) is 64.8 Å². The van der Waals surface area contributed by atoms with Gasteiger partial charge in [0.15, 0.2) is 0 Å². The van der Waals surface area contributed by atoms with Crippen molar-refractivity contribution in [3.63, 3.8) is 0 Å². The highest BCUT2D eigenvalue weighted by molar-refractivity contribution is 5.68. The molecule has 1 aromatic rings. The molecule has 0 saturated heterocycles. The number of rotatable bonds is 2. The minimum Gasteiger partial charge on any atom is -0.492 e. The Morgan fingerprint density at radius 2 is 1.82 bits per heavy atom. The third-order valence-corrected chi connectivity index (χ3v) is 3.59. The third-order valence-electron chi connectivity index (χ3n) is 3.59. The maximum absolute atomic E-state index is 12.2. The maximum atomic E-state index is 12.2. The van der Waals surface area contributed by atoms with Gasteiger partial charge >= 0.3 is 6.09 Å². The van der Waals surface area contributed by atoms with Crippen molar-refractivity contribution in [1.82, 2.24) is 4.90 Å². The fourth-order valence-electron chi connectivity index (χ4n) is 2.56. The van der Waals surface area contributed by atoms with E-state index in [0.717, 1.165) is 18.6 Å². The highest BCUT2D eigenvalue weighted by atomic mass is 16.6. The van der Waals surface area contributed by atoms with Crippen LogP contribution in [-0.2, 0) is 17.6 Å². The van der Waals surface area contributed by atoms with Crippen molar-refractivity contribution in [3.05, 3.63) is 23.3 Å². The first kappa shape index (κ1) is 16.5. The second-order valence-corrected chi connectivity index (χ2v) is 6.56. The van der Waals surface area contributed by atoms with Crippen LogP contribution in [0.3, 0.4) is 0 Å². The molecule has 22 heavy (non-hydrogen) atoms. The standard InChI is InChI=1S/C17H26N2O3/c1-5-21-15-11-13-7-9-19(16(20)22-17(2,3)4)8-6-12(13)10-14(15)18/h10-11H,5-9,18H2,1-4H3. The predicted octanol–water partition coefficient (Wildman–Crippen LogP) is 3.00. The molecule has 0 radical (unpaired) electrons. The Hall–Kier alpha value is -1.91. The summed E-state index contributed by atoms with van der Waals surface area (Å²) in [4.78, 5) is 14.0. The fraction of sp³-hybridized carbons (Fsp3) is 0.588. The minimum atomic E-state index is -0.469. The zero-order chi connectivity index (χ0) is 16.3. The fourth-order valence-corrected chi connectivity index (χ4v) is 2.56. The summed E-state index contributed by atoms with van der Waals surface area (Å²) >= 11 is 0. The second kappa shape index (κ2) is 6.46. The molecule has 1 aliphatic rings. The predicted molar refractivity (Wildman–Crippen MR) is 87.2 cm³/mol. The number of amides is 1. The Bertz CT molecular complexity index is 550. The molecule has 5 nitrogen and oxygen atoms in total. The number of carbonyl (C=O) groups excluding carboxylic acids is 1. The molecule has 0 fully saturated rings. The minimum absolute atomic E-state index is 0.252. The van der Waals surface area contributed by atoms with Crippen molar-refractivity contribution in [3.8, 4) is 5.75 Å². The first-order chi connectivity index (χ1) is 10.3. The molecule has 0 unspecified atom stereocenters. The highest BCUT2D eigenvalue weighted by Gasteiger charge is 2.24. The second-order valence-electron chi connectivity index (χ2n) is 6.56. The van der Waals surface area contributed by atoms with E-state index >= 15 is 0 Å². The van der Waals surface area contributed by atoms with E-state index in [-0.39, 0.29) is 6.09 Å². The van der Waals surface area contributed by atoms with Crippen LogP contribution in [0.25, 0.3) is 0 Å². The van der Waals surface area contributed by atoms with Crippen LogP contribution < -0.4 is 10.5 Å².